The number of halogens is 1. The monoisotopic (exact) mass is 416 g/mol. The van der Waals surface area contributed by atoms with Crippen molar-refractivity contribution >= 4 is 44.8 Å². The molecule has 0 bridgehead atoms. The maximum absolute atomic E-state index is 12.4. The fourth-order valence-electron chi connectivity index (χ4n) is 2.76. The molecule has 1 heterocycles. The number of nitrogens with one attached hydrogen (secondary N) is 2. The molecule has 1 atom stereocenters. The third-order valence-corrected chi connectivity index (χ3v) is 6.15. The van der Waals surface area contributed by atoms with Gasteiger partial charge in [-0.15, -0.1) is 11.3 Å². The van der Waals surface area contributed by atoms with Crippen molar-refractivity contribution in [1.82, 2.24) is 10.9 Å². The maximum Gasteiger partial charge on any atom is 0.281 e. The highest BCUT2D eigenvalue weighted by Crippen LogP contribution is 2.34. The van der Waals surface area contributed by atoms with Gasteiger partial charge in [0.2, 0.25) is 0 Å². The molecular formula is C21H21ClN2O3S. The van der Waals surface area contributed by atoms with Gasteiger partial charge in [0.1, 0.15) is 10.6 Å². The molecule has 0 aliphatic rings. The fraction of sp³-hybridized carbons (Fsp3) is 0.238. The van der Waals surface area contributed by atoms with Crippen LogP contribution in [0.4, 0.5) is 0 Å². The van der Waals surface area contributed by atoms with Gasteiger partial charge in [-0.05, 0) is 30.0 Å². The molecule has 28 heavy (non-hydrogen) atoms. The highest BCUT2D eigenvalue weighted by atomic mass is 35.5. The van der Waals surface area contributed by atoms with Gasteiger partial charge >= 0.3 is 0 Å². The van der Waals surface area contributed by atoms with E-state index in [1.807, 2.05) is 48.5 Å². The zero-order chi connectivity index (χ0) is 20.1. The van der Waals surface area contributed by atoms with Crippen LogP contribution in [0.2, 0.25) is 5.02 Å². The standard InChI is InChI=1S/C21H21ClN2O3S/c1-3-13(2)14-8-4-6-10-16(14)27-12-18(25)23-24-21(26)20-19(22)15-9-5-7-11-17(15)28-20/h4-11,13H,3,12H2,1-2H3,(H,23,25)(H,24,26). The molecule has 7 heteroatoms. The Morgan fingerprint density at radius 3 is 2.57 bits per heavy atom. The van der Waals surface area contributed by atoms with E-state index in [2.05, 4.69) is 24.7 Å². The zero-order valence-corrected chi connectivity index (χ0v) is 17.2. The van der Waals surface area contributed by atoms with Crippen LogP contribution in [0.3, 0.4) is 0 Å². The van der Waals surface area contributed by atoms with Gasteiger partial charge in [0, 0.05) is 10.1 Å². The minimum atomic E-state index is -0.459. The third-order valence-electron chi connectivity index (χ3n) is 4.48. The van der Waals surface area contributed by atoms with Crippen molar-refractivity contribution in [2.24, 2.45) is 0 Å². The van der Waals surface area contributed by atoms with Gasteiger partial charge in [-0.1, -0.05) is 61.8 Å². The molecule has 3 rings (SSSR count). The second kappa shape index (κ2) is 9.08. The van der Waals surface area contributed by atoms with E-state index < -0.39 is 11.8 Å². The smallest absolute Gasteiger partial charge is 0.281 e. The Hall–Kier alpha value is -2.57. The van der Waals surface area contributed by atoms with E-state index >= 15 is 0 Å². The van der Waals surface area contributed by atoms with E-state index in [1.54, 1.807) is 0 Å². The third kappa shape index (κ3) is 4.46. The van der Waals surface area contributed by atoms with Crippen LogP contribution in [0.25, 0.3) is 10.1 Å². The average Bonchev–Trinajstić information content (AvgIpc) is 3.07. The van der Waals surface area contributed by atoms with E-state index in [-0.39, 0.29) is 6.61 Å². The summed E-state index contributed by atoms with van der Waals surface area (Å²) in [4.78, 5) is 24.8. The molecule has 2 amide bonds. The van der Waals surface area contributed by atoms with Gasteiger partial charge in [0.15, 0.2) is 6.61 Å². The number of rotatable bonds is 6. The lowest BCUT2D eigenvalue weighted by Crippen LogP contribution is -2.43. The van der Waals surface area contributed by atoms with Crippen molar-refractivity contribution in [2.75, 3.05) is 6.61 Å². The first-order chi connectivity index (χ1) is 13.5. The van der Waals surface area contributed by atoms with Crippen LogP contribution in [-0.4, -0.2) is 18.4 Å². The van der Waals surface area contributed by atoms with Crippen LogP contribution < -0.4 is 15.6 Å². The molecule has 2 aromatic carbocycles. The number of benzene rings is 2. The van der Waals surface area contributed by atoms with Gasteiger partial charge < -0.3 is 4.74 Å². The molecule has 0 saturated heterocycles. The van der Waals surface area contributed by atoms with Gasteiger partial charge in [-0.2, -0.15) is 0 Å². The summed E-state index contributed by atoms with van der Waals surface area (Å²) >= 11 is 7.56. The van der Waals surface area contributed by atoms with E-state index in [0.29, 0.717) is 21.6 Å². The Bertz CT molecular complexity index is 1000. The Labute approximate surface area is 172 Å². The second-order valence-electron chi connectivity index (χ2n) is 6.38. The Morgan fingerprint density at radius 2 is 1.82 bits per heavy atom. The summed E-state index contributed by atoms with van der Waals surface area (Å²) in [7, 11) is 0. The maximum atomic E-state index is 12.4. The number of carbonyl (C=O) groups is 2. The van der Waals surface area contributed by atoms with Gasteiger partial charge in [-0.25, -0.2) is 0 Å². The first kappa shape index (κ1) is 20.2. The summed E-state index contributed by atoms with van der Waals surface area (Å²) in [6, 6.07) is 15.1. The second-order valence-corrected chi connectivity index (χ2v) is 7.81. The summed E-state index contributed by atoms with van der Waals surface area (Å²) in [5, 5.41) is 1.20. The number of para-hydroxylation sites is 1. The minimum absolute atomic E-state index is 0.201. The van der Waals surface area contributed by atoms with Crippen LogP contribution in [0.15, 0.2) is 48.5 Å². The van der Waals surface area contributed by atoms with Crippen molar-refractivity contribution in [2.45, 2.75) is 26.2 Å². The molecule has 0 spiro atoms. The number of fused-ring (bicyclic) bond motifs is 1. The number of amides is 2. The number of carbonyl (C=O) groups excluding carboxylic acids is 2. The summed E-state index contributed by atoms with van der Waals surface area (Å²) < 4.78 is 6.56. The zero-order valence-electron chi connectivity index (χ0n) is 15.6. The SMILES string of the molecule is CCC(C)c1ccccc1OCC(=O)NNC(=O)c1sc2ccccc2c1Cl. The van der Waals surface area contributed by atoms with Crippen LogP contribution in [0, 0.1) is 0 Å². The molecular weight excluding hydrogens is 396 g/mol. The van der Waals surface area contributed by atoms with Crippen molar-refractivity contribution < 1.29 is 14.3 Å². The molecule has 1 aromatic heterocycles. The molecule has 0 saturated carbocycles. The van der Waals surface area contributed by atoms with E-state index in [4.69, 9.17) is 16.3 Å². The number of thiophene rings is 1. The quantitative estimate of drug-likeness (QED) is 0.561. The number of hydrogen-bond acceptors (Lipinski definition) is 4. The lowest BCUT2D eigenvalue weighted by molar-refractivity contribution is -0.123. The molecule has 2 N–H and O–H groups in total. The van der Waals surface area contributed by atoms with E-state index in [1.165, 1.54) is 11.3 Å². The predicted octanol–water partition coefficient (Wildman–Crippen LogP) is 4.91. The molecule has 1 unspecified atom stereocenters. The Morgan fingerprint density at radius 1 is 1.11 bits per heavy atom. The summed E-state index contributed by atoms with van der Waals surface area (Å²) in [6.07, 6.45) is 0.971. The van der Waals surface area contributed by atoms with Crippen molar-refractivity contribution in [3.05, 3.63) is 64.0 Å². The molecule has 0 aliphatic heterocycles. The van der Waals surface area contributed by atoms with Crippen molar-refractivity contribution in [1.29, 1.82) is 0 Å². The molecule has 0 radical (unpaired) electrons. The molecule has 3 aromatic rings. The van der Waals surface area contributed by atoms with Crippen LogP contribution >= 0.6 is 22.9 Å². The molecule has 146 valence electrons. The normalized spacial score (nSPS) is 11.8. The highest BCUT2D eigenvalue weighted by Gasteiger charge is 2.17. The highest BCUT2D eigenvalue weighted by molar-refractivity contribution is 7.21. The molecule has 0 fully saturated rings. The number of hydrazine groups is 1. The topological polar surface area (TPSA) is 67.4 Å². The largest absolute Gasteiger partial charge is 0.483 e. The van der Waals surface area contributed by atoms with Gasteiger partial charge in [-0.3, -0.25) is 20.4 Å². The van der Waals surface area contributed by atoms with Crippen molar-refractivity contribution in [3.8, 4) is 5.75 Å². The van der Waals surface area contributed by atoms with Gasteiger partial charge in [0.05, 0.1) is 5.02 Å². The lowest BCUT2D eigenvalue weighted by atomic mass is 9.98. The van der Waals surface area contributed by atoms with Crippen LogP contribution in [0.1, 0.15) is 41.4 Å². The number of hydrogen-bond donors (Lipinski definition) is 2. The summed E-state index contributed by atoms with van der Waals surface area (Å²) in [6.45, 7) is 4.01. The van der Waals surface area contributed by atoms with Crippen LogP contribution in [-0.2, 0) is 4.79 Å². The lowest BCUT2D eigenvalue weighted by Gasteiger charge is -2.15. The Balaban J connectivity index is 1.57. The predicted molar refractivity (Wildman–Crippen MR) is 113 cm³/mol. The molecule has 0 aliphatic carbocycles. The van der Waals surface area contributed by atoms with E-state index in [0.717, 1.165) is 22.1 Å². The van der Waals surface area contributed by atoms with E-state index in [9.17, 15) is 9.59 Å². The summed E-state index contributed by atoms with van der Waals surface area (Å²) in [5.41, 5.74) is 5.82. The average molecular weight is 417 g/mol. The Kier molecular flexibility index (Phi) is 6.54. The van der Waals surface area contributed by atoms with Crippen LogP contribution in [0.5, 0.6) is 5.75 Å². The first-order valence-electron chi connectivity index (χ1n) is 8.99. The number of ether oxygens (including phenoxy) is 1. The first-order valence-corrected chi connectivity index (χ1v) is 10.2. The summed E-state index contributed by atoms with van der Waals surface area (Å²) in [5.74, 6) is 0.0871. The van der Waals surface area contributed by atoms with Gasteiger partial charge in [0.25, 0.3) is 11.8 Å². The molecule has 5 nitrogen and oxygen atoms in total. The van der Waals surface area contributed by atoms with Crippen molar-refractivity contribution in [3.63, 3.8) is 0 Å². The minimum Gasteiger partial charge on any atom is -0.483 e. The fourth-order valence-corrected chi connectivity index (χ4v) is 4.17.